The maximum absolute atomic E-state index is 12.2. The number of aliphatic carboxylic acids is 1. The molecule has 0 spiro atoms. The van der Waals surface area contributed by atoms with Crippen molar-refractivity contribution < 1.29 is 19.8 Å². The SMILES string of the molecule is CC1CC(C(=O)O)C(C(=O)N(C)C(C)CO)C1. The largest absolute Gasteiger partial charge is 0.481 e. The Labute approximate surface area is 101 Å². The second-order valence-electron chi connectivity index (χ2n) is 5.11. The minimum Gasteiger partial charge on any atom is -0.481 e. The van der Waals surface area contributed by atoms with Crippen molar-refractivity contribution >= 4 is 11.9 Å². The molecule has 4 unspecified atom stereocenters. The highest BCUT2D eigenvalue weighted by molar-refractivity contribution is 5.85. The fraction of sp³-hybridized carbons (Fsp3) is 0.833. The number of aliphatic hydroxyl groups is 1. The predicted molar refractivity (Wildman–Crippen MR) is 62.3 cm³/mol. The standard InChI is InChI=1S/C12H21NO4/c1-7-4-9(10(5-7)12(16)17)11(15)13(3)8(2)6-14/h7-10,14H,4-6H2,1-3H3,(H,16,17). The van der Waals surface area contributed by atoms with Gasteiger partial charge in [0.2, 0.25) is 5.91 Å². The summed E-state index contributed by atoms with van der Waals surface area (Å²) in [6, 6.07) is -0.271. The highest BCUT2D eigenvalue weighted by Crippen LogP contribution is 2.37. The Bertz CT molecular complexity index is 305. The lowest BCUT2D eigenvalue weighted by atomic mass is 9.94. The van der Waals surface area contributed by atoms with Crippen molar-refractivity contribution in [2.75, 3.05) is 13.7 Å². The average molecular weight is 243 g/mol. The molecule has 5 nitrogen and oxygen atoms in total. The van der Waals surface area contributed by atoms with E-state index in [0.717, 1.165) is 0 Å². The number of likely N-dealkylation sites (N-methyl/N-ethyl adjacent to an activating group) is 1. The number of carbonyl (C=O) groups is 2. The molecular formula is C12H21NO4. The third kappa shape index (κ3) is 2.97. The predicted octanol–water partition coefficient (Wildman–Crippen LogP) is 0.573. The third-order valence-electron chi connectivity index (χ3n) is 3.71. The third-order valence-corrected chi connectivity index (χ3v) is 3.71. The number of amides is 1. The zero-order chi connectivity index (χ0) is 13.2. The second kappa shape index (κ2) is 5.49. The van der Waals surface area contributed by atoms with Crippen molar-refractivity contribution in [3.63, 3.8) is 0 Å². The van der Waals surface area contributed by atoms with E-state index in [0.29, 0.717) is 12.8 Å². The van der Waals surface area contributed by atoms with Crippen molar-refractivity contribution in [1.82, 2.24) is 4.90 Å². The summed E-state index contributed by atoms with van der Waals surface area (Å²) in [6.45, 7) is 3.60. The quantitative estimate of drug-likeness (QED) is 0.757. The molecule has 1 aliphatic carbocycles. The van der Waals surface area contributed by atoms with E-state index in [1.807, 2.05) is 6.92 Å². The van der Waals surface area contributed by atoms with E-state index >= 15 is 0 Å². The van der Waals surface area contributed by atoms with Crippen LogP contribution in [-0.4, -0.2) is 46.7 Å². The van der Waals surface area contributed by atoms with Gasteiger partial charge in [-0.25, -0.2) is 0 Å². The molecule has 1 amide bonds. The van der Waals surface area contributed by atoms with Crippen LogP contribution in [0.4, 0.5) is 0 Å². The molecule has 0 radical (unpaired) electrons. The molecule has 2 N–H and O–H groups in total. The van der Waals surface area contributed by atoms with Gasteiger partial charge in [-0.05, 0) is 25.7 Å². The molecule has 1 saturated carbocycles. The van der Waals surface area contributed by atoms with Crippen LogP contribution in [0.15, 0.2) is 0 Å². The summed E-state index contributed by atoms with van der Waals surface area (Å²) in [6.07, 6.45) is 1.19. The normalized spacial score (nSPS) is 30.0. The van der Waals surface area contributed by atoms with Crippen molar-refractivity contribution in [3.05, 3.63) is 0 Å². The molecule has 17 heavy (non-hydrogen) atoms. The summed E-state index contributed by atoms with van der Waals surface area (Å²) < 4.78 is 0. The molecule has 1 rings (SSSR count). The molecule has 98 valence electrons. The Hall–Kier alpha value is -1.10. The smallest absolute Gasteiger partial charge is 0.307 e. The van der Waals surface area contributed by atoms with Gasteiger partial charge in [-0.3, -0.25) is 9.59 Å². The van der Waals surface area contributed by atoms with E-state index in [2.05, 4.69) is 0 Å². The summed E-state index contributed by atoms with van der Waals surface area (Å²) in [5, 5.41) is 18.1. The second-order valence-corrected chi connectivity index (χ2v) is 5.11. The minimum absolute atomic E-state index is 0.109. The van der Waals surface area contributed by atoms with Gasteiger partial charge in [0.15, 0.2) is 0 Å². The van der Waals surface area contributed by atoms with Gasteiger partial charge in [0.05, 0.1) is 24.5 Å². The average Bonchev–Trinajstić information content (AvgIpc) is 2.68. The highest BCUT2D eigenvalue weighted by Gasteiger charge is 2.42. The highest BCUT2D eigenvalue weighted by atomic mass is 16.4. The van der Waals surface area contributed by atoms with E-state index in [1.165, 1.54) is 4.90 Å². The first-order chi connectivity index (χ1) is 7.88. The van der Waals surface area contributed by atoms with E-state index in [9.17, 15) is 9.59 Å². The van der Waals surface area contributed by atoms with Gasteiger partial charge in [-0.1, -0.05) is 6.92 Å². The van der Waals surface area contributed by atoms with Crippen LogP contribution in [0.5, 0.6) is 0 Å². The Morgan fingerprint density at radius 2 is 1.88 bits per heavy atom. The van der Waals surface area contributed by atoms with E-state index < -0.39 is 17.8 Å². The van der Waals surface area contributed by atoms with Crippen LogP contribution >= 0.6 is 0 Å². The van der Waals surface area contributed by atoms with Gasteiger partial charge < -0.3 is 15.1 Å². The first-order valence-corrected chi connectivity index (χ1v) is 5.98. The number of nitrogens with zero attached hydrogens (tertiary/aromatic N) is 1. The van der Waals surface area contributed by atoms with Crippen LogP contribution in [0.1, 0.15) is 26.7 Å². The van der Waals surface area contributed by atoms with Gasteiger partial charge in [-0.15, -0.1) is 0 Å². The molecule has 0 heterocycles. The molecule has 0 saturated heterocycles. The molecule has 0 aromatic rings. The Morgan fingerprint density at radius 1 is 1.35 bits per heavy atom. The maximum atomic E-state index is 12.2. The van der Waals surface area contributed by atoms with E-state index in [1.54, 1.807) is 14.0 Å². The van der Waals surface area contributed by atoms with Crippen LogP contribution in [-0.2, 0) is 9.59 Å². The number of aliphatic hydroxyl groups excluding tert-OH is 1. The van der Waals surface area contributed by atoms with Crippen molar-refractivity contribution in [3.8, 4) is 0 Å². The van der Waals surface area contributed by atoms with Gasteiger partial charge >= 0.3 is 5.97 Å². The molecule has 4 atom stereocenters. The molecule has 0 aliphatic heterocycles. The summed E-state index contributed by atoms with van der Waals surface area (Å²) in [5.41, 5.74) is 0. The number of hydrogen-bond acceptors (Lipinski definition) is 3. The molecule has 0 aromatic carbocycles. The van der Waals surface area contributed by atoms with Crippen LogP contribution in [0.2, 0.25) is 0 Å². The zero-order valence-electron chi connectivity index (χ0n) is 10.6. The van der Waals surface area contributed by atoms with Gasteiger partial charge in [-0.2, -0.15) is 0 Å². The molecule has 0 aromatic heterocycles. The first kappa shape index (κ1) is 14.0. The topological polar surface area (TPSA) is 77.8 Å². The van der Waals surface area contributed by atoms with Crippen molar-refractivity contribution in [1.29, 1.82) is 0 Å². The summed E-state index contributed by atoms with van der Waals surface area (Å²) in [5.74, 6) is -1.81. The van der Waals surface area contributed by atoms with E-state index in [-0.39, 0.29) is 24.5 Å². The van der Waals surface area contributed by atoms with E-state index in [4.69, 9.17) is 10.2 Å². The lowest BCUT2D eigenvalue weighted by Crippen LogP contribution is -2.43. The number of rotatable bonds is 4. The molecule has 1 aliphatic rings. The van der Waals surface area contributed by atoms with Gasteiger partial charge in [0.25, 0.3) is 0 Å². The van der Waals surface area contributed by atoms with Crippen LogP contribution in [0, 0.1) is 17.8 Å². The molecule has 1 fully saturated rings. The number of hydrogen-bond donors (Lipinski definition) is 2. The number of carbonyl (C=O) groups excluding carboxylic acids is 1. The Kier molecular flexibility index (Phi) is 4.51. The molecule has 5 heteroatoms. The van der Waals surface area contributed by atoms with Gasteiger partial charge in [0.1, 0.15) is 0 Å². The fourth-order valence-corrected chi connectivity index (χ4v) is 2.44. The van der Waals surface area contributed by atoms with Crippen LogP contribution in [0.25, 0.3) is 0 Å². The Balaban J connectivity index is 2.77. The maximum Gasteiger partial charge on any atom is 0.307 e. The van der Waals surface area contributed by atoms with Gasteiger partial charge in [0, 0.05) is 7.05 Å². The first-order valence-electron chi connectivity index (χ1n) is 5.98. The molecular weight excluding hydrogens is 222 g/mol. The number of carboxylic acid groups (broad SMARTS) is 1. The fourth-order valence-electron chi connectivity index (χ4n) is 2.44. The van der Waals surface area contributed by atoms with Crippen molar-refractivity contribution in [2.45, 2.75) is 32.7 Å². The van der Waals surface area contributed by atoms with Crippen LogP contribution in [0.3, 0.4) is 0 Å². The Morgan fingerprint density at radius 3 is 2.35 bits per heavy atom. The van der Waals surface area contributed by atoms with Crippen LogP contribution < -0.4 is 0 Å². The summed E-state index contributed by atoms with van der Waals surface area (Å²) in [4.78, 5) is 24.7. The minimum atomic E-state index is -0.891. The van der Waals surface area contributed by atoms with Crippen molar-refractivity contribution in [2.24, 2.45) is 17.8 Å². The monoisotopic (exact) mass is 243 g/mol. The zero-order valence-corrected chi connectivity index (χ0v) is 10.6. The lowest BCUT2D eigenvalue weighted by molar-refractivity contribution is -0.149. The molecule has 0 bridgehead atoms. The summed E-state index contributed by atoms with van der Waals surface area (Å²) in [7, 11) is 1.62. The lowest BCUT2D eigenvalue weighted by Gasteiger charge is -2.27. The number of carboxylic acids is 1. The summed E-state index contributed by atoms with van der Waals surface area (Å²) >= 11 is 0.